The van der Waals surface area contributed by atoms with Crippen LogP contribution in [-0.2, 0) is 23.1 Å². The Hall–Kier alpha value is -1.05. The number of benzene rings is 1. The molecule has 0 amide bonds. The molecule has 0 fully saturated rings. The summed E-state index contributed by atoms with van der Waals surface area (Å²) < 4.78 is 31.3. The maximum Gasteiger partial charge on any atom is 0.244 e. The zero-order chi connectivity index (χ0) is 15.6. The molecule has 2 aromatic rings. The van der Waals surface area contributed by atoms with Crippen LogP contribution in [0.2, 0.25) is 10.0 Å². The zero-order valence-electron chi connectivity index (χ0n) is 11.2. The van der Waals surface area contributed by atoms with Crippen molar-refractivity contribution in [2.75, 3.05) is 7.05 Å². The summed E-state index contributed by atoms with van der Waals surface area (Å²) >= 11 is 12.1. The molecule has 0 saturated heterocycles. The predicted octanol–water partition coefficient (Wildman–Crippen LogP) is 2.87. The maximum atomic E-state index is 12.6. The number of sulfonamides is 1. The van der Waals surface area contributed by atoms with Crippen molar-refractivity contribution in [2.24, 2.45) is 5.73 Å². The Morgan fingerprint density at radius 3 is 2.62 bits per heavy atom. The first-order valence-electron chi connectivity index (χ1n) is 6.01. The SMILES string of the molecule is CN(Cc1ccoc1)S(=O)(=O)c1cc(Cl)cc(CN)c1Cl. The lowest BCUT2D eigenvalue weighted by molar-refractivity contribution is 0.463. The Labute approximate surface area is 133 Å². The van der Waals surface area contributed by atoms with Crippen molar-refractivity contribution in [1.29, 1.82) is 0 Å². The number of halogens is 2. The quantitative estimate of drug-likeness (QED) is 0.901. The van der Waals surface area contributed by atoms with E-state index in [-0.39, 0.29) is 28.0 Å². The number of nitrogens with two attached hydrogens (primary N) is 1. The van der Waals surface area contributed by atoms with Gasteiger partial charge < -0.3 is 10.2 Å². The molecule has 21 heavy (non-hydrogen) atoms. The van der Waals surface area contributed by atoms with Crippen molar-refractivity contribution in [3.05, 3.63) is 51.9 Å². The number of hydrogen-bond acceptors (Lipinski definition) is 4. The average Bonchev–Trinajstić information content (AvgIpc) is 2.93. The van der Waals surface area contributed by atoms with E-state index in [4.69, 9.17) is 33.4 Å². The predicted molar refractivity (Wildman–Crippen MR) is 81.7 cm³/mol. The standard InChI is InChI=1S/C13H14Cl2N2O3S/c1-17(7-9-2-3-20-8-9)21(18,19)12-5-11(14)4-10(6-16)13(12)15/h2-5,8H,6-7,16H2,1H3. The molecule has 114 valence electrons. The Balaban J connectivity index is 2.41. The highest BCUT2D eigenvalue weighted by Crippen LogP contribution is 2.31. The summed E-state index contributed by atoms with van der Waals surface area (Å²) in [6.07, 6.45) is 2.96. The average molecular weight is 349 g/mol. The van der Waals surface area contributed by atoms with E-state index >= 15 is 0 Å². The molecule has 0 spiro atoms. The van der Waals surface area contributed by atoms with Crippen LogP contribution < -0.4 is 5.73 Å². The van der Waals surface area contributed by atoms with Crippen molar-refractivity contribution in [2.45, 2.75) is 18.0 Å². The van der Waals surface area contributed by atoms with Gasteiger partial charge in [0.25, 0.3) is 0 Å². The van der Waals surface area contributed by atoms with Crippen molar-refractivity contribution < 1.29 is 12.8 Å². The van der Waals surface area contributed by atoms with Gasteiger partial charge in [-0.15, -0.1) is 0 Å². The smallest absolute Gasteiger partial charge is 0.244 e. The van der Waals surface area contributed by atoms with Gasteiger partial charge in [0, 0.05) is 30.7 Å². The second-order valence-corrected chi connectivity index (χ2v) is 7.30. The molecule has 1 aromatic carbocycles. The van der Waals surface area contributed by atoms with Crippen LogP contribution in [0.15, 0.2) is 40.0 Å². The summed E-state index contributed by atoms with van der Waals surface area (Å²) in [7, 11) is -2.32. The first-order chi connectivity index (χ1) is 9.86. The summed E-state index contributed by atoms with van der Waals surface area (Å²) in [6, 6.07) is 4.57. The minimum atomic E-state index is -3.78. The molecule has 0 unspecified atom stereocenters. The van der Waals surface area contributed by atoms with Gasteiger partial charge in [-0.25, -0.2) is 8.42 Å². The molecule has 2 N–H and O–H groups in total. The minimum absolute atomic E-state index is 0.0527. The van der Waals surface area contributed by atoms with Crippen LogP contribution in [0.4, 0.5) is 0 Å². The van der Waals surface area contributed by atoms with Crippen LogP contribution in [0.1, 0.15) is 11.1 Å². The summed E-state index contributed by atoms with van der Waals surface area (Å²) in [5, 5.41) is 0.371. The lowest BCUT2D eigenvalue weighted by Gasteiger charge is -2.18. The van der Waals surface area contributed by atoms with Crippen molar-refractivity contribution in [1.82, 2.24) is 4.31 Å². The summed E-state index contributed by atoms with van der Waals surface area (Å²) in [6.45, 7) is 0.271. The molecule has 0 atom stereocenters. The Kier molecular flexibility index (Phi) is 4.95. The fraction of sp³-hybridized carbons (Fsp3) is 0.231. The van der Waals surface area contributed by atoms with E-state index in [2.05, 4.69) is 0 Å². The molecular weight excluding hydrogens is 335 g/mol. The Morgan fingerprint density at radius 2 is 2.05 bits per heavy atom. The van der Waals surface area contributed by atoms with Crippen molar-refractivity contribution in [3.63, 3.8) is 0 Å². The lowest BCUT2D eigenvalue weighted by Crippen LogP contribution is -2.27. The molecule has 0 radical (unpaired) electrons. The number of rotatable bonds is 5. The van der Waals surface area contributed by atoms with Gasteiger partial charge in [0.1, 0.15) is 4.90 Å². The molecule has 0 aliphatic carbocycles. The summed E-state index contributed by atoms with van der Waals surface area (Å²) in [5.41, 5.74) is 6.77. The van der Waals surface area contributed by atoms with E-state index in [1.165, 1.54) is 29.9 Å². The summed E-state index contributed by atoms with van der Waals surface area (Å²) in [5.74, 6) is 0. The third-order valence-corrected chi connectivity index (χ3v) is 5.58. The maximum absolute atomic E-state index is 12.6. The molecule has 5 nitrogen and oxygen atoms in total. The normalized spacial score (nSPS) is 12.0. The molecule has 0 saturated carbocycles. The van der Waals surface area contributed by atoms with Crippen LogP contribution in [0.25, 0.3) is 0 Å². The Morgan fingerprint density at radius 1 is 1.33 bits per heavy atom. The van der Waals surface area contributed by atoms with Crippen LogP contribution in [0.5, 0.6) is 0 Å². The molecule has 0 aliphatic rings. The zero-order valence-corrected chi connectivity index (χ0v) is 13.5. The van der Waals surface area contributed by atoms with Crippen LogP contribution in [0, 0.1) is 0 Å². The molecule has 2 rings (SSSR count). The number of nitrogens with zero attached hydrogens (tertiary/aromatic N) is 1. The van der Waals surface area contributed by atoms with Crippen molar-refractivity contribution in [3.8, 4) is 0 Å². The fourth-order valence-electron chi connectivity index (χ4n) is 1.85. The monoisotopic (exact) mass is 348 g/mol. The second-order valence-electron chi connectivity index (χ2n) is 4.47. The lowest BCUT2D eigenvalue weighted by atomic mass is 10.2. The van der Waals surface area contributed by atoms with E-state index in [0.29, 0.717) is 5.56 Å². The van der Waals surface area contributed by atoms with Gasteiger partial charge in [-0.2, -0.15) is 4.31 Å². The number of furan rings is 1. The largest absolute Gasteiger partial charge is 0.472 e. The fourth-order valence-corrected chi connectivity index (χ4v) is 3.92. The van der Waals surface area contributed by atoms with Crippen LogP contribution >= 0.6 is 23.2 Å². The highest BCUT2D eigenvalue weighted by atomic mass is 35.5. The van der Waals surface area contributed by atoms with Gasteiger partial charge in [0.2, 0.25) is 10.0 Å². The van der Waals surface area contributed by atoms with E-state index in [1.54, 1.807) is 12.1 Å². The van der Waals surface area contributed by atoms with Gasteiger partial charge in [-0.3, -0.25) is 0 Å². The van der Waals surface area contributed by atoms with Crippen LogP contribution in [0.3, 0.4) is 0 Å². The molecule has 0 bridgehead atoms. The first kappa shape index (κ1) is 16.3. The van der Waals surface area contributed by atoms with E-state index < -0.39 is 10.0 Å². The minimum Gasteiger partial charge on any atom is -0.472 e. The van der Waals surface area contributed by atoms with Gasteiger partial charge in [-0.05, 0) is 23.8 Å². The third kappa shape index (κ3) is 3.41. The van der Waals surface area contributed by atoms with Gasteiger partial charge in [0.15, 0.2) is 0 Å². The highest BCUT2D eigenvalue weighted by Gasteiger charge is 2.25. The van der Waals surface area contributed by atoms with Gasteiger partial charge in [0.05, 0.1) is 17.5 Å². The number of hydrogen-bond donors (Lipinski definition) is 1. The molecule has 0 aliphatic heterocycles. The van der Waals surface area contributed by atoms with E-state index in [1.807, 2.05) is 0 Å². The van der Waals surface area contributed by atoms with Gasteiger partial charge >= 0.3 is 0 Å². The highest BCUT2D eigenvalue weighted by molar-refractivity contribution is 7.89. The van der Waals surface area contributed by atoms with E-state index in [9.17, 15) is 8.42 Å². The third-order valence-electron chi connectivity index (χ3n) is 2.97. The van der Waals surface area contributed by atoms with Gasteiger partial charge in [-0.1, -0.05) is 23.2 Å². The van der Waals surface area contributed by atoms with E-state index in [0.717, 1.165) is 5.56 Å². The van der Waals surface area contributed by atoms with Crippen molar-refractivity contribution >= 4 is 33.2 Å². The Bertz CT molecular complexity index is 730. The second kappa shape index (κ2) is 6.37. The molecular formula is C13H14Cl2N2O3S. The molecule has 8 heteroatoms. The topological polar surface area (TPSA) is 76.5 Å². The summed E-state index contributed by atoms with van der Waals surface area (Å²) in [4.78, 5) is -0.0527. The molecule has 1 aromatic heterocycles. The van der Waals surface area contributed by atoms with Crippen LogP contribution in [-0.4, -0.2) is 19.8 Å². The first-order valence-corrected chi connectivity index (χ1v) is 8.21. The molecule has 1 heterocycles.